The van der Waals surface area contributed by atoms with Gasteiger partial charge in [-0.3, -0.25) is 14.9 Å². The molecule has 1 atom stereocenters. The van der Waals surface area contributed by atoms with Crippen LogP contribution in [0.3, 0.4) is 0 Å². The van der Waals surface area contributed by atoms with Crippen molar-refractivity contribution in [1.29, 1.82) is 0 Å². The Morgan fingerprint density at radius 3 is 2.44 bits per heavy atom. The smallest absolute Gasteiger partial charge is 0.318 e. The van der Waals surface area contributed by atoms with Crippen LogP contribution >= 0.6 is 0 Å². The molecule has 0 aliphatic heterocycles. The maximum absolute atomic E-state index is 11.2. The van der Waals surface area contributed by atoms with E-state index in [1.165, 1.54) is 0 Å². The highest BCUT2D eigenvalue weighted by Gasteiger charge is 2.13. The van der Waals surface area contributed by atoms with E-state index >= 15 is 0 Å². The highest BCUT2D eigenvalue weighted by Crippen LogP contribution is 1.84. The molecule has 92 valence electrons. The summed E-state index contributed by atoms with van der Waals surface area (Å²) in [5.41, 5.74) is 4.78. The van der Waals surface area contributed by atoms with Gasteiger partial charge in [0.25, 0.3) is 0 Å². The van der Waals surface area contributed by atoms with E-state index < -0.39 is 18.0 Å². The summed E-state index contributed by atoms with van der Waals surface area (Å²) in [5, 5.41) is 7.37. The topological polar surface area (TPSA) is 113 Å². The highest BCUT2D eigenvalue weighted by molar-refractivity contribution is 5.96. The van der Waals surface area contributed by atoms with Gasteiger partial charge in [-0.1, -0.05) is 0 Å². The van der Waals surface area contributed by atoms with Crippen LogP contribution in [-0.4, -0.2) is 37.0 Å². The van der Waals surface area contributed by atoms with Gasteiger partial charge in [-0.05, 0) is 13.8 Å². The molecule has 5 N–H and O–H groups in total. The molecule has 0 aliphatic carbocycles. The molecule has 16 heavy (non-hydrogen) atoms. The molecule has 0 radical (unpaired) electrons. The Balaban J connectivity index is 3.72. The Labute approximate surface area is 94.1 Å². The van der Waals surface area contributed by atoms with Crippen molar-refractivity contribution >= 4 is 17.8 Å². The first kappa shape index (κ1) is 14.4. The number of urea groups is 1. The molecule has 0 spiro atoms. The third-order valence-corrected chi connectivity index (χ3v) is 1.82. The first-order valence-electron chi connectivity index (χ1n) is 5.07. The molecular formula is C9H18N4O3. The summed E-state index contributed by atoms with van der Waals surface area (Å²) in [5.74, 6) is -0.596. The van der Waals surface area contributed by atoms with Crippen molar-refractivity contribution in [3.63, 3.8) is 0 Å². The van der Waals surface area contributed by atoms with Gasteiger partial charge in [0.1, 0.15) is 0 Å². The second kappa shape index (κ2) is 7.63. The lowest BCUT2D eigenvalue weighted by molar-refractivity contribution is -0.123. The van der Waals surface area contributed by atoms with Crippen molar-refractivity contribution in [3.05, 3.63) is 0 Å². The number of carbonyl (C=O) groups is 3. The first-order valence-corrected chi connectivity index (χ1v) is 5.07. The van der Waals surface area contributed by atoms with Gasteiger partial charge in [0.05, 0.1) is 6.04 Å². The molecule has 7 nitrogen and oxygen atoms in total. The summed E-state index contributed by atoms with van der Waals surface area (Å²) in [6.45, 7) is 4.35. The molecule has 0 aromatic rings. The van der Waals surface area contributed by atoms with Gasteiger partial charge in [-0.2, -0.15) is 0 Å². The van der Waals surface area contributed by atoms with Crippen molar-refractivity contribution in [3.8, 4) is 0 Å². The van der Waals surface area contributed by atoms with Gasteiger partial charge in [-0.15, -0.1) is 0 Å². The predicted molar refractivity (Wildman–Crippen MR) is 58.5 cm³/mol. The minimum Gasteiger partial charge on any atom is -0.356 e. The van der Waals surface area contributed by atoms with E-state index in [2.05, 4.69) is 10.6 Å². The molecule has 0 aliphatic rings. The third-order valence-electron chi connectivity index (χ3n) is 1.82. The minimum atomic E-state index is -0.887. The van der Waals surface area contributed by atoms with Crippen LogP contribution in [0.2, 0.25) is 0 Å². The van der Waals surface area contributed by atoms with Crippen molar-refractivity contribution in [2.24, 2.45) is 5.73 Å². The molecule has 0 heterocycles. The van der Waals surface area contributed by atoms with E-state index in [4.69, 9.17) is 5.73 Å². The van der Waals surface area contributed by atoms with Gasteiger partial charge < -0.3 is 16.4 Å². The zero-order chi connectivity index (χ0) is 12.6. The molecular weight excluding hydrogens is 212 g/mol. The van der Waals surface area contributed by atoms with Crippen molar-refractivity contribution in [2.75, 3.05) is 13.1 Å². The SMILES string of the molecule is CCNC(=O)CCNC(C)C(=O)NC(N)=O. The number of nitrogens with two attached hydrogens (primary N) is 1. The zero-order valence-electron chi connectivity index (χ0n) is 9.50. The first-order chi connectivity index (χ1) is 7.47. The van der Waals surface area contributed by atoms with E-state index in [1.807, 2.05) is 12.2 Å². The van der Waals surface area contributed by atoms with E-state index in [0.29, 0.717) is 13.1 Å². The normalized spacial score (nSPS) is 11.6. The summed E-state index contributed by atoms with van der Waals surface area (Å²) in [4.78, 5) is 32.6. The number of imide groups is 1. The molecule has 0 aromatic heterocycles. The standard InChI is InChI=1S/C9H18N4O3/c1-3-11-7(14)4-5-12-6(2)8(15)13-9(10)16/h6,12H,3-5H2,1-2H3,(H,11,14)(H3,10,13,15,16). The zero-order valence-corrected chi connectivity index (χ0v) is 9.50. The molecule has 7 heteroatoms. The molecule has 0 fully saturated rings. The van der Waals surface area contributed by atoms with Crippen LogP contribution in [0.5, 0.6) is 0 Å². The van der Waals surface area contributed by atoms with E-state index in [1.54, 1.807) is 6.92 Å². The fourth-order valence-electron chi connectivity index (χ4n) is 1.01. The van der Waals surface area contributed by atoms with Crippen LogP contribution in [0.1, 0.15) is 20.3 Å². The van der Waals surface area contributed by atoms with Gasteiger partial charge in [0, 0.05) is 19.5 Å². The average Bonchev–Trinajstić information content (AvgIpc) is 2.16. The maximum Gasteiger partial charge on any atom is 0.318 e. The summed E-state index contributed by atoms with van der Waals surface area (Å²) >= 11 is 0. The van der Waals surface area contributed by atoms with Crippen LogP contribution in [0.4, 0.5) is 4.79 Å². The second-order valence-corrected chi connectivity index (χ2v) is 3.23. The van der Waals surface area contributed by atoms with E-state index in [9.17, 15) is 14.4 Å². The number of rotatable bonds is 6. The Kier molecular flexibility index (Phi) is 6.86. The molecule has 4 amide bonds. The predicted octanol–water partition coefficient (Wildman–Crippen LogP) is -1.31. The van der Waals surface area contributed by atoms with Crippen LogP contribution in [-0.2, 0) is 9.59 Å². The van der Waals surface area contributed by atoms with Crippen LogP contribution < -0.4 is 21.7 Å². The fraction of sp³-hybridized carbons (Fsp3) is 0.667. The molecule has 0 saturated heterocycles. The van der Waals surface area contributed by atoms with Crippen LogP contribution in [0.15, 0.2) is 0 Å². The summed E-state index contributed by atoms with van der Waals surface area (Å²) < 4.78 is 0. The maximum atomic E-state index is 11.2. The minimum absolute atomic E-state index is 0.0856. The average molecular weight is 230 g/mol. The lowest BCUT2D eigenvalue weighted by atomic mass is 10.3. The van der Waals surface area contributed by atoms with Gasteiger partial charge >= 0.3 is 6.03 Å². The number of primary amides is 1. The Hall–Kier alpha value is -1.63. The van der Waals surface area contributed by atoms with Crippen LogP contribution in [0, 0.1) is 0 Å². The lowest BCUT2D eigenvalue weighted by Gasteiger charge is -2.11. The lowest BCUT2D eigenvalue weighted by Crippen LogP contribution is -2.47. The van der Waals surface area contributed by atoms with Crippen LogP contribution in [0.25, 0.3) is 0 Å². The number of amides is 4. The van der Waals surface area contributed by atoms with E-state index in [-0.39, 0.29) is 12.3 Å². The molecule has 0 aromatic carbocycles. The van der Waals surface area contributed by atoms with Gasteiger partial charge in [-0.25, -0.2) is 4.79 Å². The molecule has 1 unspecified atom stereocenters. The fourth-order valence-corrected chi connectivity index (χ4v) is 1.01. The number of hydrogen-bond donors (Lipinski definition) is 4. The second-order valence-electron chi connectivity index (χ2n) is 3.23. The van der Waals surface area contributed by atoms with Crippen molar-refractivity contribution < 1.29 is 14.4 Å². The molecule has 0 rings (SSSR count). The number of hydrogen-bond acceptors (Lipinski definition) is 4. The van der Waals surface area contributed by atoms with Crippen molar-refractivity contribution in [2.45, 2.75) is 26.3 Å². The van der Waals surface area contributed by atoms with Gasteiger partial charge in [0.2, 0.25) is 11.8 Å². The Morgan fingerprint density at radius 1 is 1.31 bits per heavy atom. The van der Waals surface area contributed by atoms with Crippen molar-refractivity contribution in [1.82, 2.24) is 16.0 Å². The molecule has 0 bridgehead atoms. The van der Waals surface area contributed by atoms with Gasteiger partial charge in [0.15, 0.2) is 0 Å². The summed E-state index contributed by atoms with van der Waals surface area (Å²) in [7, 11) is 0. The van der Waals surface area contributed by atoms with E-state index in [0.717, 1.165) is 0 Å². The number of carbonyl (C=O) groups excluding carboxylic acids is 3. The summed E-state index contributed by atoms with van der Waals surface area (Å²) in [6.07, 6.45) is 0.280. The summed E-state index contributed by atoms with van der Waals surface area (Å²) in [6, 6.07) is -1.45. The number of nitrogens with one attached hydrogen (secondary N) is 3. The Bertz CT molecular complexity index is 267. The Morgan fingerprint density at radius 2 is 1.94 bits per heavy atom. The third kappa shape index (κ3) is 6.77. The monoisotopic (exact) mass is 230 g/mol. The molecule has 0 saturated carbocycles. The highest BCUT2D eigenvalue weighted by atomic mass is 16.2. The quantitative estimate of drug-likeness (QED) is 0.453. The largest absolute Gasteiger partial charge is 0.356 e.